The van der Waals surface area contributed by atoms with Gasteiger partial charge in [0.25, 0.3) is 0 Å². The SMILES string of the molecule is CCSCCS(=O)(=O)c1c(N)cccc1Cl. The molecule has 0 heterocycles. The summed E-state index contributed by atoms with van der Waals surface area (Å²) in [7, 11) is -3.37. The Balaban J connectivity index is 2.98. The van der Waals surface area contributed by atoms with E-state index in [-0.39, 0.29) is 21.4 Å². The maximum atomic E-state index is 12.0. The highest BCUT2D eigenvalue weighted by Crippen LogP contribution is 2.28. The lowest BCUT2D eigenvalue weighted by Gasteiger charge is -2.08. The number of sulfone groups is 1. The van der Waals surface area contributed by atoms with Gasteiger partial charge in [-0.25, -0.2) is 8.42 Å². The van der Waals surface area contributed by atoms with Gasteiger partial charge in [0.2, 0.25) is 0 Å². The molecular formula is C10H14ClNO2S2. The van der Waals surface area contributed by atoms with Gasteiger partial charge < -0.3 is 5.73 Å². The molecule has 0 radical (unpaired) electrons. The first-order chi connectivity index (χ1) is 7.49. The molecule has 0 atom stereocenters. The summed E-state index contributed by atoms with van der Waals surface area (Å²) >= 11 is 7.44. The predicted octanol–water partition coefficient (Wildman–Crippen LogP) is 2.45. The third kappa shape index (κ3) is 3.30. The van der Waals surface area contributed by atoms with E-state index < -0.39 is 9.84 Å². The second kappa shape index (κ2) is 5.80. The molecule has 0 aromatic heterocycles. The van der Waals surface area contributed by atoms with Crippen LogP contribution in [0.2, 0.25) is 5.02 Å². The first-order valence-corrected chi connectivity index (χ1v) is 8.02. The molecule has 0 bridgehead atoms. The summed E-state index contributed by atoms with van der Waals surface area (Å²) in [5, 5.41) is 0.196. The lowest BCUT2D eigenvalue weighted by molar-refractivity contribution is 0.598. The van der Waals surface area contributed by atoms with Crippen molar-refractivity contribution in [2.75, 3.05) is 23.0 Å². The minimum atomic E-state index is -3.37. The third-order valence-electron chi connectivity index (χ3n) is 2.01. The molecule has 6 heteroatoms. The van der Waals surface area contributed by atoms with Crippen molar-refractivity contribution in [1.29, 1.82) is 0 Å². The van der Waals surface area contributed by atoms with Crippen molar-refractivity contribution < 1.29 is 8.42 Å². The van der Waals surface area contributed by atoms with E-state index in [0.29, 0.717) is 5.75 Å². The van der Waals surface area contributed by atoms with Crippen molar-refractivity contribution in [3.63, 3.8) is 0 Å². The van der Waals surface area contributed by atoms with Crippen molar-refractivity contribution >= 4 is 38.9 Å². The number of hydrogen-bond donors (Lipinski definition) is 1. The van der Waals surface area contributed by atoms with Crippen LogP contribution in [0, 0.1) is 0 Å². The van der Waals surface area contributed by atoms with Crippen LogP contribution in [-0.4, -0.2) is 25.7 Å². The molecule has 0 aliphatic rings. The smallest absolute Gasteiger partial charge is 0.182 e. The Hall–Kier alpha value is -0.390. The molecule has 3 nitrogen and oxygen atoms in total. The van der Waals surface area contributed by atoms with Crippen LogP contribution in [0.25, 0.3) is 0 Å². The van der Waals surface area contributed by atoms with Gasteiger partial charge in [0.05, 0.1) is 16.5 Å². The number of anilines is 1. The van der Waals surface area contributed by atoms with Crippen LogP contribution in [0.15, 0.2) is 23.1 Å². The van der Waals surface area contributed by atoms with Crippen molar-refractivity contribution in [3.8, 4) is 0 Å². The second-order valence-electron chi connectivity index (χ2n) is 3.17. The fourth-order valence-electron chi connectivity index (χ4n) is 1.27. The van der Waals surface area contributed by atoms with E-state index in [2.05, 4.69) is 0 Å². The van der Waals surface area contributed by atoms with Crippen LogP contribution in [0.4, 0.5) is 5.69 Å². The second-order valence-corrected chi connectivity index (χ2v) is 7.02. The van der Waals surface area contributed by atoms with Gasteiger partial charge in [-0.2, -0.15) is 11.8 Å². The van der Waals surface area contributed by atoms with Gasteiger partial charge in [0, 0.05) is 5.75 Å². The van der Waals surface area contributed by atoms with Gasteiger partial charge in [-0.05, 0) is 17.9 Å². The number of benzene rings is 1. The van der Waals surface area contributed by atoms with E-state index >= 15 is 0 Å². The molecule has 0 spiro atoms. The molecule has 1 aromatic rings. The number of hydrogen-bond acceptors (Lipinski definition) is 4. The van der Waals surface area contributed by atoms with Gasteiger partial charge >= 0.3 is 0 Å². The summed E-state index contributed by atoms with van der Waals surface area (Å²) in [5.41, 5.74) is 5.86. The summed E-state index contributed by atoms with van der Waals surface area (Å²) in [6, 6.07) is 4.72. The Morgan fingerprint density at radius 1 is 1.44 bits per heavy atom. The summed E-state index contributed by atoms with van der Waals surface area (Å²) in [5.74, 6) is 1.52. The minimum absolute atomic E-state index is 0.0633. The first kappa shape index (κ1) is 13.7. The maximum absolute atomic E-state index is 12.0. The quantitative estimate of drug-likeness (QED) is 0.664. The molecule has 0 unspecified atom stereocenters. The fraction of sp³-hybridized carbons (Fsp3) is 0.400. The van der Waals surface area contributed by atoms with Crippen LogP contribution in [0.1, 0.15) is 6.92 Å². The molecule has 0 saturated heterocycles. The van der Waals surface area contributed by atoms with Gasteiger partial charge in [0.1, 0.15) is 4.90 Å². The zero-order valence-corrected chi connectivity index (χ0v) is 11.3. The molecule has 16 heavy (non-hydrogen) atoms. The van der Waals surface area contributed by atoms with Crippen molar-refractivity contribution in [2.45, 2.75) is 11.8 Å². The van der Waals surface area contributed by atoms with E-state index in [0.717, 1.165) is 5.75 Å². The zero-order valence-electron chi connectivity index (χ0n) is 8.94. The topological polar surface area (TPSA) is 60.2 Å². The number of nitrogens with two attached hydrogens (primary N) is 1. The first-order valence-electron chi connectivity index (χ1n) is 4.83. The average molecular weight is 280 g/mol. The standard InChI is InChI=1S/C10H14ClNO2S2/c1-2-15-6-7-16(13,14)10-8(11)4-3-5-9(10)12/h3-5H,2,6-7,12H2,1H3. The van der Waals surface area contributed by atoms with Crippen molar-refractivity contribution in [3.05, 3.63) is 23.2 Å². The van der Waals surface area contributed by atoms with E-state index in [9.17, 15) is 8.42 Å². The number of halogens is 1. The van der Waals surface area contributed by atoms with Gasteiger partial charge in [-0.1, -0.05) is 24.6 Å². The molecule has 2 N–H and O–H groups in total. The van der Waals surface area contributed by atoms with Crippen molar-refractivity contribution in [2.24, 2.45) is 0 Å². The number of thioether (sulfide) groups is 1. The normalized spacial score (nSPS) is 11.6. The highest BCUT2D eigenvalue weighted by Gasteiger charge is 2.20. The highest BCUT2D eigenvalue weighted by molar-refractivity contribution is 8.00. The molecule has 0 saturated carbocycles. The Morgan fingerprint density at radius 3 is 2.69 bits per heavy atom. The van der Waals surface area contributed by atoms with Crippen LogP contribution in [0.5, 0.6) is 0 Å². The Morgan fingerprint density at radius 2 is 2.12 bits per heavy atom. The summed E-state index contributed by atoms with van der Waals surface area (Å²) in [4.78, 5) is 0.0633. The number of nitrogen functional groups attached to an aromatic ring is 1. The fourth-order valence-corrected chi connectivity index (χ4v) is 4.44. The Labute approximate surface area is 105 Å². The Kier molecular flexibility index (Phi) is 4.95. The van der Waals surface area contributed by atoms with E-state index in [1.165, 1.54) is 6.07 Å². The van der Waals surface area contributed by atoms with Gasteiger partial charge in [-0.3, -0.25) is 0 Å². The van der Waals surface area contributed by atoms with Gasteiger partial charge in [-0.15, -0.1) is 0 Å². The minimum Gasteiger partial charge on any atom is -0.398 e. The van der Waals surface area contributed by atoms with Crippen LogP contribution >= 0.6 is 23.4 Å². The van der Waals surface area contributed by atoms with E-state index in [4.69, 9.17) is 17.3 Å². The molecule has 0 fully saturated rings. The molecule has 1 rings (SSSR count). The molecule has 1 aromatic carbocycles. The Bertz CT molecular complexity index is 440. The lowest BCUT2D eigenvalue weighted by atomic mass is 10.3. The summed E-state index contributed by atoms with van der Waals surface area (Å²) in [6.07, 6.45) is 0. The monoisotopic (exact) mass is 279 g/mol. The molecule has 0 aliphatic heterocycles. The van der Waals surface area contributed by atoms with E-state index in [1.807, 2.05) is 6.92 Å². The van der Waals surface area contributed by atoms with E-state index in [1.54, 1.807) is 23.9 Å². The zero-order chi connectivity index (χ0) is 12.2. The van der Waals surface area contributed by atoms with Crippen LogP contribution in [-0.2, 0) is 9.84 Å². The summed E-state index contributed by atoms with van der Waals surface area (Å²) < 4.78 is 23.9. The van der Waals surface area contributed by atoms with Crippen LogP contribution in [0.3, 0.4) is 0 Å². The maximum Gasteiger partial charge on any atom is 0.182 e. The average Bonchev–Trinajstić information content (AvgIpc) is 2.17. The predicted molar refractivity (Wildman–Crippen MR) is 70.9 cm³/mol. The van der Waals surface area contributed by atoms with Crippen LogP contribution < -0.4 is 5.73 Å². The molecule has 0 amide bonds. The highest BCUT2D eigenvalue weighted by atomic mass is 35.5. The number of rotatable bonds is 5. The molecular weight excluding hydrogens is 266 g/mol. The summed E-state index contributed by atoms with van der Waals surface area (Å²) in [6.45, 7) is 1.99. The van der Waals surface area contributed by atoms with Gasteiger partial charge in [0.15, 0.2) is 9.84 Å². The largest absolute Gasteiger partial charge is 0.398 e. The third-order valence-corrected chi connectivity index (χ3v) is 5.41. The molecule has 90 valence electrons. The van der Waals surface area contributed by atoms with Crippen molar-refractivity contribution in [1.82, 2.24) is 0 Å². The lowest BCUT2D eigenvalue weighted by Crippen LogP contribution is -2.12. The molecule has 0 aliphatic carbocycles.